The molecule has 0 saturated heterocycles. The Morgan fingerprint density at radius 1 is 1.21 bits per heavy atom. The maximum atomic E-state index is 12.0. The Hall–Kier alpha value is -0.850. The van der Waals surface area contributed by atoms with Gasteiger partial charge in [-0.3, -0.25) is 0 Å². The number of nitrogens with one attached hydrogen (secondary N) is 1. The van der Waals surface area contributed by atoms with Crippen LogP contribution in [-0.4, -0.2) is 15.9 Å². The Morgan fingerprint density at radius 2 is 1.74 bits per heavy atom. The predicted octanol–water partition coefficient (Wildman–Crippen LogP) is 3.40. The third-order valence-corrected chi connectivity index (χ3v) is 4.13. The number of benzene rings is 1. The van der Waals surface area contributed by atoms with E-state index < -0.39 is 18.0 Å². The standard InChI is InChI=1S/C13H19F2NO2S/c1-9(16-19(17)13(2,3)4)10-5-7-11(8-6-10)18-12(14)15/h5-9,12,16H,1-4H3/t9-,19?/m0/s1. The molecule has 3 nitrogen and oxygen atoms in total. The maximum absolute atomic E-state index is 12.0. The molecule has 0 radical (unpaired) electrons. The fourth-order valence-electron chi connectivity index (χ4n) is 1.34. The van der Waals surface area contributed by atoms with Crippen molar-refractivity contribution in [2.45, 2.75) is 45.1 Å². The molecule has 0 heterocycles. The molecule has 19 heavy (non-hydrogen) atoms. The summed E-state index contributed by atoms with van der Waals surface area (Å²) in [6.07, 6.45) is 0. The highest BCUT2D eigenvalue weighted by Crippen LogP contribution is 2.22. The molecular formula is C13H19F2NO2S. The van der Waals surface area contributed by atoms with Gasteiger partial charge in [-0.25, -0.2) is 0 Å². The van der Waals surface area contributed by atoms with Crippen LogP contribution >= 0.6 is 0 Å². The highest BCUT2D eigenvalue weighted by Gasteiger charge is 2.28. The summed E-state index contributed by atoms with van der Waals surface area (Å²) in [7, 11) is 0. The number of hydrogen-bond acceptors (Lipinski definition) is 3. The smallest absolute Gasteiger partial charge is 0.387 e. The summed E-state index contributed by atoms with van der Waals surface area (Å²) in [6, 6.07) is 6.16. The van der Waals surface area contributed by atoms with Crippen molar-refractivity contribution in [1.29, 1.82) is 0 Å². The first-order chi connectivity index (χ1) is 8.70. The van der Waals surface area contributed by atoms with E-state index in [2.05, 4.69) is 9.46 Å². The fourth-order valence-corrected chi connectivity index (χ4v) is 2.15. The summed E-state index contributed by atoms with van der Waals surface area (Å²) < 4.78 is 42.8. The summed E-state index contributed by atoms with van der Waals surface area (Å²) in [5, 5.41) is 0. The van der Waals surface area contributed by atoms with Gasteiger partial charge in [-0.15, -0.1) is 4.72 Å². The highest BCUT2D eigenvalue weighted by molar-refractivity contribution is 7.90. The number of ether oxygens (including phenoxy) is 1. The molecule has 0 saturated carbocycles. The van der Waals surface area contributed by atoms with Gasteiger partial charge in [0.05, 0.1) is 6.04 Å². The molecule has 0 aliphatic heterocycles. The minimum atomic E-state index is -2.82. The van der Waals surface area contributed by atoms with Crippen LogP contribution in [0.25, 0.3) is 0 Å². The number of rotatable bonds is 5. The van der Waals surface area contributed by atoms with Gasteiger partial charge in [0, 0.05) is 11.4 Å². The second kappa shape index (κ2) is 6.54. The second-order valence-electron chi connectivity index (χ2n) is 5.17. The Morgan fingerprint density at radius 3 is 2.16 bits per heavy atom. The van der Waals surface area contributed by atoms with Gasteiger partial charge in [-0.2, -0.15) is 8.78 Å². The van der Waals surface area contributed by atoms with Crippen molar-refractivity contribution in [3.63, 3.8) is 0 Å². The lowest BCUT2D eigenvalue weighted by Crippen LogP contribution is -2.40. The zero-order valence-corrected chi connectivity index (χ0v) is 12.3. The van der Waals surface area contributed by atoms with Gasteiger partial charge < -0.3 is 9.29 Å². The van der Waals surface area contributed by atoms with Crippen molar-refractivity contribution in [2.24, 2.45) is 0 Å². The molecule has 0 aliphatic carbocycles. The fraction of sp³-hybridized carbons (Fsp3) is 0.538. The molecule has 1 aromatic rings. The molecule has 0 aliphatic rings. The first-order valence-corrected chi connectivity index (χ1v) is 7.08. The van der Waals surface area contributed by atoms with E-state index in [1.807, 2.05) is 27.7 Å². The van der Waals surface area contributed by atoms with E-state index in [1.165, 1.54) is 12.1 Å². The van der Waals surface area contributed by atoms with Gasteiger partial charge in [0.25, 0.3) is 0 Å². The molecule has 1 N–H and O–H groups in total. The maximum Gasteiger partial charge on any atom is 0.387 e. The molecule has 1 rings (SSSR count). The van der Waals surface area contributed by atoms with Gasteiger partial charge in [0.1, 0.15) is 10.5 Å². The Balaban J connectivity index is 2.65. The van der Waals surface area contributed by atoms with Crippen LogP contribution in [0.1, 0.15) is 39.3 Å². The first kappa shape index (κ1) is 16.2. The average Bonchev–Trinajstić information content (AvgIpc) is 2.27. The van der Waals surface area contributed by atoms with Crippen molar-refractivity contribution in [3.05, 3.63) is 29.8 Å². The monoisotopic (exact) mass is 291 g/mol. The minimum absolute atomic E-state index is 0.114. The van der Waals surface area contributed by atoms with Crippen molar-refractivity contribution < 1.29 is 18.1 Å². The van der Waals surface area contributed by atoms with Gasteiger partial charge in [0.15, 0.2) is 0 Å². The zero-order valence-electron chi connectivity index (χ0n) is 11.4. The Kier molecular flexibility index (Phi) is 5.58. The van der Waals surface area contributed by atoms with E-state index in [4.69, 9.17) is 0 Å². The molecule has 6 heteroatoms. The molecule has 0 aromatic heterocycles. The zero-order chi connectivity index (χ0) is 14.6. The topological polar surface area (TPSA) is 44.3 Å². The molecule has 1 aromatic carbocycles. The lowest BCUT2D eigenvalue weighted by atomic mass is 10.1. The number of alkyl halides is 2. The Bertz CT molecular complexity index is 393. The largest absolute Gasteiger partial charge is 0.598 e. The lowest BCUT2D eigenvalue weighted by Gasteiger charge is -2.26. The van der Waals surface area contributed by atoms with E-state index in [1.54, 1.807) is 12.1 Å². The molecule has 0 amide bonds. The van der Waals surface area contributed by atoms with Gasteiger partial charge >= 0.3 is 6.61 Å². The van der Waals surface area contributed by atoms with E-state index in [9.17, 15) is 13.3 Å². The SMILES string of the molecule is C[C@H](N[S+]([O-])C(C)(C)C)c1ccc(OC(F)F)cc1. The summed E-state index contributed by atoms with van der Waals surface area (Å²) in [6.45, 7) is 4.68. The van der Waals surface area contributed by atoms with Crippen molar-refractivity contribution >= 4 is 11.4 Å². The molecule has 2 atom stereocenters. The van der Waals surface area contributed by atoms with E-state index in [0.29, 0.717) is 0 Å². The van der Waals surface area contributed by atoms with Crippen LogP contribution in [0.3, 0.4) is 0 Å². The summed E-state index contributed by atoms with van der Waals surface area (Å²) >= 11 is -1.18. The third kappa shape index (κ3) is 5.34. The summed E-state index contributed by atoms with van der Waals surface area (Å²) in [5.41, 5.74) is 0.860. The molecular weight excluding hydrogens is 272 g/mol. The quantitative estimate of drug-likeness (QED) is 0.846. The summed E-state index contributed by atoms with van der Waals surface area (Å²) in [4.78, 5) is 0. The van der Waals surface area contributed by atoms with Crippen molar-refractivity contribution in [3.8, 4) is 5.75 Å². The lowest BCUT2D eigenvalue weighted by molar-refractivity contribution is -0.0498. The van der Waals surface area contributed by atoms with Crippen molar-refractivity contribution in [1.82, 2.24) is 4.72 Å². The van der Waals surface area contributed by atoms with Gasteiger partial charge in [-0.1, -0.05) is 12.1 Å². The van der Waals surface area contributed by atoms with Gasteiger partial charge in [-0.05, 0) is 45.4 Å². The van der Waals surface area contributed by atoms with Crippen LogP contribution in [0.5, 0.6) is 5.75 Å². The predicted molar refractivity (Wildman–Crippen MR) is 72.5 cm³/mol. The minimum Gasteiger partial charge on any atom is -0.598 e. The van der Waals surface area contributed by atoms with Gasteiger partial charge in [0.2, 0.25) is 0 Å². The molecule has 108 valence electrons. The van der Waals surface area contributed by atoms with Crippen LogP contribution in [0, 0.1) is 0 Å². The van der Waals surface area contributed by atoms with Crippen molar-refractivity contribution in [2.75, 3.05) is 0 Å². The molecule has 0 spiro atoms. The first-order valence-electron chi connectivity index (χ1n) is 5.93. The normalized spacial score (nSPS) is 15.4. The third-order valence-electron chi connectivity index (χ3n) is 2.45. The Labute approximate surface area is 115 Å². The van der Waals surface area contributed by atoms with Crippen LogP contribution in [0.4, 0.5) is 8.78 Å². The van der Waals surface area contributed by atoms with E-state index >= 15 is 0 Å². The number of halogens is 2. The molecule has 1 unspecified atom stereocenters. The van der Waals surface area contributed by atoms with Crippen LogP contribution in [-0.2, 0) is 11.4 Å². The second-order valence-corrected chi connectivity index (χ2v) is 7.17. The van der Waals surface area contributed by atoms with Crippen LogP contribution in [0.15, 0.2) is 24.3 Å². The summed E-state index contributed by atoms with van der Waals surface area (Å²) in [5.74, 6) is 0.114. The van der Waals surface area contributed by atoms with Crippen LogP contribution in [0.2, 0.25) is 0 Å². The van der Waals surface area contributed by atoms with Crippen LogP contribution < -0.4 is 9.46 Å². The van der Waals surface area contributed by atoms with E-state index in [0.717, 1.165) is 5.56 Å². The average molecular weight is 291 g/mol. The van der Waals surface area contributed by atoms with E-state index in [-0.39, 0.29) is 16.5 Å². The highest BCUT2D eigenvalue weighted by atomic mass is 32.2. The number of hydrogen-bond donors (Lipinski definition) is 1. The molecule has 0 bridgehead atoms. The molecule has 0 fully saturated rings.